The van der Waals surface area contributed by atoms with E-state index < -0.39 is 17.5 Å². The molecule has 0 bridgehead atoms. The zero-order chi connectivity index (χ0) is 16.4. The molecule has 0 spiro atoms. The molecule has 1 amide bonds. The van der Waals surface area contributed by atoms with Gasteiger partial charge in [-0.3, -0.25) is 4.79 Å². The molecule has 0 atom stereocenters. The van der Waals surface area contributed by atoms with E-state index in [9.17, 15) is 18.0 Å². The van der Waals surface area contributed by atoms with Gasteiger partial charge >= 0.3 is 0 Å². The molecule has 0 saturated carbocycles. The second-order valence-corrected chi connectivity index (χ2v) is 5.53. The topological polar surface area (TPSA) is 51.0 Å². The minimum Gasteiger partial charge on any atom is -0.342 e. The van der Waals surface area contributed by atoms with Gasteiger partial charge in [-0.05, 0) is 18.9 Å². The molecule has 3 rings (SSSR count). The van der Waals surface area contributed by atoms with E-state index in [-0.39, 0.29) is 23.9 Å². The van der Waals surface area contributed by atoms with Crippen molar-refractivity contribution >= 4 is 5.91 Å². The molecule has 0 unspecified atom stereocenters. The predicted molar refractivity (Wildman–Crippen MR) is 74.9 cm³/mol. The molecular formula is C15H15F3N4O. The van der Waals surface area contributed by atoms with Crippen LogP contribution in [-0.4, -0.2) is 38.9 Å². The number of nitrogens with zero attached hydrogens (tertiary/aromatic N) is 4. The fourth-order valence-electron chi connectivity index (χ4n) is 2.77. The number of likely N-dealkylation sites (tertiary alicyclic amines) is 1. The van der Waals surface area contributed by atoms with Gasteiger partial charge in [0, 0.05) is 30.9 Å². The molecule has 5 nitrogen and oxygen atoms in total. The van der Waals surface area contributed by atoms with Gasteiger partial charge in [-0.1, -0.05) is 5.21 Å². The standard InChI is InChI=1S/C15H15F3N4O/c16-12-9-14(18)13(17)7-10(12)8-15(23)21-4-1-11(2-5-21)22-6-3-19-20-22/h3,6-7,9,11H,1-2,4-5,8H2. The van der Waals surface area contributed by atoms with Crippen molar-refractivity contribution in [2.24, 2.45) is 0 Å². The van der Waals surface area contributed by atoms with Crippen molar-refractivity contribution in [2.45, 2.75) is 25.3 Å². The van der Waals surface area contributed by atoms with E-state index in [1.165, 1.54) is 0 Å². The summed E-state index contributed by atoms with van der Waals surface area (Å²) in [5.41, 5.74) is -0.132. The van der Waals surface area contributed by atoms with Crippen LogP contribution in [0, 0.1) is 17.5 Å². The van der Waals surface area contributed by atoms with Crippen molar-refractivity contribution in [1.29, 1.82) is 0 Å². The van der Waals surface area contributed by atoms with Crippen LogP contribution < -0.4 is 0 Å². The Morgan fingerprint density at radius 1 is 1.13 bits per heavy atom. The van der Waals surface area contributed by atoms with Crippen molar-refractivity contribution in [3.8, 4) is 0 Å². The van der Waals surface area contributed by atoms with Crippen LogP contribution in [0.15, 0.2) is 24.5 Å². The SMILES string of the molecule is O=C(Cc1cc(F)c(F)cc1F)N1CCC(n2ccnn2)CC1. The minimum absolute atomic E-state index is 0.132. The van der Waals surface area contributed by atoms with Crippen LogP contribution in [-0.2, 0) is 11.2 Å². The van der Waals surface area contributed by atoms with Crippen LogP contribution in [0.4, 0.5) is 13.2 Å². The molecule has 0 aliphatic carbocycles. The lowest BCUT2D eigenvalue weighted by Crippen LogP contribution is -2.40. The number of hydrogen-bond donors (Lipinski definition) is 0. The monoisotopic (exact) mass is 324 g/mol. The number of carbonyl (C=O) groups excluding carboxylic acids is 1. The van der Waals surface area contributed by atoms with Gasteiger partial charge in [0.05, 0.1) is 18.7 Å². The Morgan fingerprint density at radius 2 is 1.83 bits per heavy atom. The molecule has 1 aromatic carbocycles. The molecule has 0 radical (unpaired) electrons. The fraction of sp³-hybridized carbons (Fsp3) is 0.400. The molecule has 2 heterocycles. The highest BCUT2D eigenvalue weighted by molar-refractivity contribution is 5.78. The quantitative estimate of drug-likeness (QED) is 0.813. The largest absolute Gasteiger partial charge is 0.342 e. The van der Waals surface area contributed by atoms with Crippen LogP contribution in [0.25, 0.3) is 0 Å². The van der Waals surface area contributed by atoms with Gasteiger partial charge in [-0.25, -0.2) is 17.9 Å². The van der Waals surface area contributed by atoms with Gasteiger partial charge in [0.1, 0.15) is 5.82 Å². The van der Waals surface area contributed by atoms with E-state index in [0.717, 1.165) is 18.9 Å². The summed E-state index contributed by atoms with van der Waals surface area (Å²) in [7, 11) is 0. The first-order valence-electron chi connectivity index (χ1n) is 7.31. The number of carbonyl (C=O) groups is 1. The molecule has 1 aliphatic heterocycles. The lowest BCUT2D eigenvalue weighted by atomic mass is 10.0. The summed E-state index contributed by atoms with van der Waals surface area (Å²) in [5.74, 6) is -3.62. The van der Waals surface area contributed by atoms with E-state index in [2.05, 4.69) is 10.3 Å². The predicted octanol–water partition coefficient (Wildman–Crippen LogP) is 2.10. The van der Waals surface area contributed by atoms with Crippen molar-refractivity contribution in [3.63, 3.8) is 0 Å². The number of halogens is 3. The van der Waals surface area contributed by atoms with Gasteiger partial charge < -0.3 is 4.90 Å². The van der Waals surface area contributed by atoms with Crippen molar-refractivity contribution < 1.29 is 18.0 Å². The number of amides is 1. The van der Waals surface area contributed by atoms with Crippen LogP contribution in [0.1, 0.15) is 24.4 Å². The zero-order valence-corrected chi connectivity index (χ0v) is 12.3. The molecule has 23 heavy (non-hydrogen) atoms. The van der Waals surface area contributed by atoms with Crippen LogP contribution in [0.3, 0.4) is 0 Å². The molecule has 2 aromatic rings. The van der Waals surface area contributed by atoms with E-state index in [1.807, 2.05) is 0 Å². The minimum atomic E-state index is -1.26. The Hall–Kier alpha value is -2.38. The van der Waals surface area contributed by atoms with Crippen molar-refractivity contribution in [2.75, 3.05) is 13.1 Å². The highest BCUT2D eigenvalue weighted by atomic mass is 19.2. The Bertz CT molecular complexity index is 697. The zero-order valence-electron chi connectivity index (χ0n) is 12.3. The lowest BCUT2D eigenvalue weighted by Gasteiger charge is -2.32. The summed E-state index contributed by atoms with van der Waals surface area (Å²) < 4.78 is 41.5. The number of piperidine rings is 1. The maximum atomic E-state index is 13.6. The Balaban J connectivity index is 1.61. The Labute approximate surface area is 130 Å². The normalized spacial score (nSPS) is 15.9. The number of hydrogen-bond acceptors (Lipinski definition) is 3. The van der Waals surface area contributed by atoms with Crippen LogP contribution >= 0.6 is 0 Å². The third-order valence-electron chi connectivity index (χ3n) is 4.06. The summed E-state index contributed by atoms with van der Waals surface area (Å²) in [6.07, 6.45) is 4.53. The Kier molecular flexibility index (Phi) is 4.31. The second kappa shape index (κ2) is 6.39. The molecule has 1 aliphatic rings. The van der Waals surface area contributed by atoms with Crippen LogP contribution in [0.5, 0.6) is 0 Å². The van der Waals surface area contributed by atoms with E-state index in [4.69, 9.17) is 0 Å². The molecule has 122 valence electrons. The first kappa shape index (κ1) is 15.5. The summed E-state index contributed by atoms with van der Waals surface area (Å²) in [4.78, 5) is 13.8. The van der Waals surface area contributed by atoms with Gasteiger partial charge in [-0.15, -0.1) is 5.10 Å². The average molecular weight is 324 g/mol. The van der Waals surface area contributed by atoms with Crippen molar-refractivity contribution in [1.82, 2.24) is 19.9 Å². The first-order valence-corrected chi connectivity index (χ1v) is 7.31. The molecule has 0 N–H and O–H groups in total. The fourth-order valence-corrected chi connectivity index (χ4v) is 2.77. The summed E-state index contributed by atoms with van der Waals surface area (Å²) in [5, 5.41) is 7.70. The number of rotatable bonds is 3. The van der Waals surface area contributed by atoms with Gasteiger partial charge in [0.2, 0.25) is 5.91 Å². The highest BCUT2D eigenvalue weighted by Crippen LogP contribution is 2.22. The average Bonchev–Trinajstić information content (AvgIpc) is 3.07. The van der Waals surface area contributed by atoms with E-state index in [0.29, 0.717) is 19.2 Å². The summed E-state index contributed by atoms with van der Waals surface area (Å²) in [6, 6.07) is 1.39. The van der Waals surface area contributed by atoms with E-state index in [1.54, 1.807) is 22.0 Å². The van der Waals surface area contributed by atoms with E-state index >= 15 is 0 Å². The summed E-state index contributed by atoms with van der Waals surface area (Å²) >= 11 is 0. The van der Waals surface area contributed by atoms with Gasteiger partial charge in [0.15, 0.2) is 11.6 Å². The Morgan fingerprint density at radius 3 is 2.48 bits per heavy atom. The smallest absolute Gasteiger partial charge is 0.227 e. The number of benzene rings is 1. The van der Waals surface area contributed by atoms with Crippen LogP contribution in [0.2, 0.25) is 0 Å². The maximum absolute atomic E-state index is 13.6. The molecule has 1 saturated heterocycles. The molecule has 8 heteroatoms. The molecule has 1 aromatic heterocycles. The lowest BCUT2D eigenvalue weighted by molar-refractivity contribution is -0.131. The number of aromatic nitrogens is 3. The maximum Gasteiger partial charge on any atom is 0.227 e. The third kappa shape index (κ3) is 3.35. The first-order chi connectivity index (χ1) is 11.0. The third-order valence-corrected chi connectivity index (χ3v) is 4.06. The van der Waals surface area contributed by atoms with Gasteiger partial charge in [-0.2, -0.15) is 0 Å². The molecule has 1 fully saturated rings. The highest BCUT2D eigenvalue weighted by Gasteiger charge is 2.25. The summed E-state index contributed by atoms with van der Waals surface area (Å²) in [6.45, 7) is 1.02. The van der Waals surface area contributed by atoms with Gasteiger partial charge in [0.25, 0.3) is 0 Å². The van der Waals surface area contributed by atoms with Crippen molar-refractivity contribution in [3.05, 3.63) is 47.5 Å². The molecular weight excluding hydrogens is 309 g/mol. The second-order valence-electron chi connectivity index (χ2n) is 5.53.